The molecule has 1 heterocycles. The average Bonchev–Trinajstić information content (AvgIpc) is 2.92. The van der Waals surface area contributed by atoms with Crippen molar-refractivity contribution in [2.75, 3.05) is 13.2 Å². The molecular formula is C17H26N2O2. The number of nitrogens with zero attached hydrogens (tertiary/aromatic N) is 2. The summed E-state index contributed by atoms with van der Waals surface area (Å²) >= 11 is 0. The summed E-state index contributed by atoms with van der Waals surface area (Å²) in [4.78, 5) is 14.9. The fraction of sp³-hybridized carbons (Fsp3) is 0.706. The summed E-state index contributed by atoms with van der Waals surface area (Å²) in [6.45, 7) is 0.506. The van der Waals surface area contributed by atoms with Crippen molar-refractivity contribution in [3.05, 3.63) is 24.0 Å². The summed E-state index contributed by atoms with van der Waals surface area (Å²) in [7, 11) is 0. The Morgan fingerprint density at radius 3 is 2.57 bits per heavy atom. The summed E-state index contributed by atoms with van der Waals surface area (Å²) in [5, 5.41) is 9.35. The monoisotopic (exact) mass is 290 g/mol. The fourth-order valence-electron chi connectivity index (χ4n) is 3.66. The molecule has 1 N–H and O–H groups in total. The van der Waals surface area contributed by atoms with Crippen molar-refractivity contribution in [2.45, 2.75) is 63.5 Å². The van der Waals surface area contributed by atoms with Crippen LogP contribution in [0.4, 0.5) is 0 Å². The van der Waals surface area contributed by atoms with Gasteiger partial charge in [0.2, 0.25) is 0 Å². The quantitative estimate of drug-likeness (QED) is 0.906. The Labute approximate surface area is 126 Å². The maximum atomic E-state index is 13.0. The Morgan fingerprint density at radius 2 is 1.95 bits per heavy atom. The van der Waals surface area contributed by atoms with Crippen LogP contribution in [0, 0.1) is 0 Å². The van der Waals surface area contributed by atoms with Crippen LogP contribution in [0.3, 0.4) is 0 Å². The molecule has 0 aliphatic heterocycles. The molecule has 1 aromatic heterocycles. The van der Waals surface area contributed by atoms with Gasteiger partial charge in [-0.3, -0.25) is 4.79 Å². The highest BCUT2D eigenvalue weighted by molar-refractivity contribution is 5.93. The van der Waals surface area contributed by atoms with Crippen molar-refractivity contribution in [3.63, 3.8) is 0 Å². The molecule has 0 spiro atoms. The van der Waals surface area contributed by atoms with Crippen LogP contribution >= 0.6 is 0 Å². The Kier molecular flexibility index (Phi) is 4.63. The molecule has 2 fully saturated rings. The third-order valence-electron chi connectivity index (χ3n) is 5.08. The number of amides is 1. The number of hydrogen-bond acceptors (Lipinski definition) is 2. The van der Waals surface area contributed by atoms with Gasteiger partial charge in [-0.15, -0.1) is 0 Å². The van der Waals surface area contributed by atoms with E-state index < -0.39 is 0 Å². The lowest BCUT2D eigenvalue weighted by Gasteiger charge is -2.35. The zero-order chi connectivity index (χ0) is 14.7. The topological polar surface area (TPSA) is 45.5 Å². The predicted molar refractivity (Wildman–Crippen MR) is 82.3 cm³/mol. The van der Waals surface area contributed by atoms with Gasteiger partial charge in [-0.2, -0.15) is 0 Å². The first-order valence-corrected chi connectivity index (χ1v) is 8.40. The molecule has 2 aliphatic rings. The molecule has 0 radical (unpaired) electrons. The Balaban J connectivity index is 1.78. The molecule has 0 saturated heterocycles. The van der Waals surface area contributed by atoms with Crippen LogP contribution in [0.5, 0.6) is 0 Å². The molecule has 3 rings (SSSR count). The number of rotatable bonds is 5. The minimum absolute atomic E-state index is 0.0480. The minimum Gasteiger partial charge on any atom is -0.395 e. The average molecular weight is 290 g/mol. The third kappa shape index (κ3) is 3.00. The minimum atomic E-state index is 0.0480. The molecule has 0 aromatic carbocycles. The SMILES string of the molecule is O=C(c1cccn1C1CCC1)N(CCO)C1CCCCC1. The van der Waals surface area contributed by atoms with E-state index in [1.54, 1.807) is 0 Å². The lowest BCUT2D eigenvalue weighted by Crippen LogP contribution is -2.44. The van der Waals surface area contributed by atoms with Crippen LogP contribution in [0.25, 0.3) is 0 Å². The number of aromatic nitrogens is 1. The number of aliphatic hydroxyl groups excluding tert-OH is 1. The van der Waals surface area contributed by atoms with Crippen LogP contribution in [-0.4, -0.2) is 39.7 Å². The number of aliphatic hydroxyl groups is 1. The van der Waals surface area contributed by atoms with Gasteiger partial charge < -0.3 is 14.6 Å². The predicted octanol–water partition coefficient (Wildman–Crippen LogP) is 2.98. The molecule has 4 nitrogen and oxygen atoms in total. The normalized spacial score (nSPS) is 20.2. The second-order valence-corrected chi connectivity index (χ2v) is 6.40. The van der Waals surface area contributed by atoms with E-state index in [1.807, 2.05) is 23.2 Å². The summed E-state index contributed by atoms with van der Waals surface area (Å²) in [5.41, 5.74) is 0.804. The van der Waals surface area contributed by atoms with Crippen molar-refractivity contribution < 1.29 is 9.90 Å². The van der Waals surface area contributed by atoms with Gasteiger partial charge in [0.25, 0.3) is 5.91 Å². The van der Waals surface area contributed by atoms with Crippen LogP contribution in [0.1, 0.15) is 67.9 Å². The standard InChI is InChI=1S/C17H26N2O2/c20-13-12-19(15-6-2-1-3-7-15)17(21)16-10-5-11-18(16)14-8-4-9-14/h5,10-11,14-15,20H,1-4,6-9,12-13H2. The van der Waals surface area contributed by atoms with E-state index in [9.17, 15) is 9.90 Å². The largest absolute Gasteiger partial charge is 0.395 e. The van der Waals surface area contributed by atoms with Gasteiger partial charge in [0.1, 0.15) is 5.69 Å². The molecule has 2 saturated carbocycles. The first-order valence-electron chi connectivity index (χ1n) is 8.40. The van der Waals surface area contributed by atoms with E-state index in [-0.39, 0.29) is 12.5 Å². The smallest absolute Gasteiger partial charge is 0.270 e. The zero-order valence-corrected chi connectivity index (χ0v) is 12.7. The molecule has 2 aliphatic carbocycles. The van der Waals surface area contributed by atoms with Gasteiger partial charge in [0, 0.05) is 24.8 Å². The van der Waals surface area contributed by atoms with E-state index >= 15 is 0 Å². The van der Waals surface area contributed by atoms with E-state index in [0.29, 0.717) is 18.6 Å². The van der Waals surface area contributed by atoms with Gasteiger partial charge in [0.05, 0.1) is 6.61 Å². The lowest BCUT2D eigenvalue weighted by molar-refractivity contribution is 0.0569. The zero-order valence-electron chi connectivity index (χ0n) is 12.7. The van der Waals surface area contributed by atoms with Gasteiger partial charge in [-0.25, -0.2) is 0 Å². The molecule has 0 atom stereocenters. The third-order valence-corrected chi connectivity index (χ3v) is 5.08. The molecule has 1 amide bonds. The second-order valence-electron chi connectivity index (χ2n) is 6.40. The van der Waals surface area contributed by atoms with Crippen molar-refractivity contribution >= 4 is 5.91 Å². The van der Waals surface area contributed by atoms with E-state index in [2.05, 4.69) is 4.57 Å². The van der Waals surface area contributed by atoms with E-state index in [1.165, 1.54) is 38.5 Å². The van der Waals surface area contributed by atoms with Gasteiger partial charge >= 0.3 is 0 Å². The van der Waals surface area contributed by atoms with Crippen molar-refractivity contribution in [1.82, 2.24) is 9.47 Å². The molecule has 116 valence electrons. The molecule has 0 unspecified atom stereocenters. The summed E-state index contributed by atoms with van der Waals surface area (Å²) in [5.74, 6) is 0.104. The van der Waals surface area contributed by atoms with Crippen LogP contribution in [0.2, 0.25) is 0 Å². The number of carbonyl (C=O) groups is 1. The molecule has 0 bridgehead atoms. The van der Waals surface area contributed by atoms with Gasteiger partial charge in [0.15, 0.2) is 0 Å². The van der Waals surface area contributed by atoms with E-state index in [0.717, 1.165) is 18.5 Å². The van der Waals surface area contributed by atoms with Crippen LogP contribution < -0.4 is 0 Å². The van der Waals surface area contributed by atoms with Gasteiger partial charge in [-0.05, 0) is 44.2 Å². The lowest BCUT2D eigenvalue weighted by atomic mass is 9.92. The highest BCUT2D eigenvalue weighted by Crippen LogP contribution is 2.33. The first kappa shape index (κ1) is 14.6. The fourth-order valence-corrected chi connectivity index (χ4v) is 3.66. The molecule has 4 heteroatoms. The van der Waals surface area contributed by atoms with Gasteiger partial charge in [-0.1, -0.05) is 19.3 Å². The second kappa shape index (κ2) is 6.65. The summed E-state index contributed by atoms with van der Waals surface area (Å²) in [6, 6.07) is 4.72. The Bertz CT molecular complexity index is 473. The summed E-state index contributed by atoms with van der Waals surface area (Å²) in [6.07, 6.45) is 11.5. The Hall–Kier alpha value is -1.29. The highest BCUT2D eigenvalue weighted by atomic mass is 16.3. The maximum absolute atomic E-state index is 13.0. The van der Waals surface area contributed by atoms with Crippen LogP contribution in [-0.2, 0) is 0 Å². The first-order chi connectivity index (χ1) is 10.3. The van der Waals surface area contributed by atoms with Crippen molar-refractivity contribution in [3.8, 4) is 0 Å². The number of carbonyl (C=O) groups excluding carboxylic acids is 1. The highest BCUT2D eigenvalue weighted by Gasteiger charge is 2.29. The molecular weight excluding hydrogens is 264 g/mol. The van der Waals surface area contributed by atoms with Crippen molar-refractivity contribution in [1.29, 1.82) is 0 Å². The number of hydrogen-bond donors (Lipinski definition) is 1. The Morgan fingerprint density at radius 1 is 1.19 bits per heavy atom. The molecule has 1 aromatic rings. The maximum Gasteiger partial charge on any atom is 0.270 e. The summed E-state index contributed by atoms with van der Waals surface area (Å²) < 4.78 is 2.15. The van der Waals surface area contributed by atoms with Crippen molar-refractivity contribution in [2.24, 2.45) is 0 Å². The van der Waals surface area contributed by atoms with Crippen LogP contribution in [0.15, 0.2) is 18.3 Å². The van der Waals surface area contributed by atoms with E-state index in [4.69, 9.17) is 0 Å². The molecule has 21 heavy (non-hydrogen) atoms.